The van der Waals surface area contributed by atoms with Gasteiger partial charge in [-0.3, -0.25) is 4.79 Å². The van der Waals surface area contributed by atoms with Crippen molar-refractivity contribution in [3.05, 3.63) is 71.4 Å². The van der Waals surface area contributed by atoms with Gasteiger partial charge >= 0.3 is 0 Å². The molecule has 2 heterocycles. The topological polar surface area (TPSA) is 80.7 Å². The number of nitrogens with one attached hydrogen (secondary N) is 1. The van der Waals surface area contributed by atoms with Gasteiger partial charge in [0.25, 0.3) is 0 Å². The summed E-state index contributed by atoms with van der Waals surface area (Å²) in [6, 6.07) is 17.2. The molecule has 0 atom stereocenters. The monoisotopic (exact) mass is 406 g/mol. The Morgan fingerprint density at radius 2 is 1.97 bits per heavy atom. The standard InChI is InChI=1S/C24H22N2O4.2H2/c1-15-19(17-4-2-3-16(11-17)13-27)6-8-22(25-15)26-23(28)24(9-10-24)18-5-7-20-21(12-18)30-14-29-20;;/h2-8,11-12,27H,9-10,13-14H2,1H3,(H,25,26,28);2*1H. The molecule has 6 heteroatoms. The Morgan fingerprint density at radius 3 is 2.73 bits per heavy atom. The largest absolute Gasteiger partial charge is 0.454 e. The van der Waals surface area contributed by atoms with Crippen molar-refractivity contribution in [3.8, 4) is 22.6 Å². The van der Waals surface area contributed by atoms with Crippen molar-refractivity contribution in [1.29, 1.82) is 0 Å². The molecule has 30 heavy (non-hydrogen) atoms. The van der Waals surface area contributed by atoms with Crippen molar-refractivity contribution in [3.63, 3.8) is 0 Å². The molecule has 1 aliphatic carbocycles. The Kier molecular flexibility index (Phi) is 4.44. The number of pyridine rings is 1. The number of ether oxygens (including phenoxy) is 2. The summed E-state index contributed by atoms with van der Waals surface area (Å²) in [5.74, 6) is 1.89. The molecule has 1 fully saturated rings. The number of carbonyl (C=O) groups excluding carboxylic acids is 1. The van der Waals surface area contributed by atoms with Crippen molar-refractivity contribution in [2.75, 3.05) is 12.1 Å². The maximum atomic E-state index is 13.1. The zero-order chi connectivity index (χ0) is 20.7. The van der Waals surface area contributed by atoms with Crippen molar-refractivity contribution in [1.82, 2.24) is 4.98 Å². The Bertz CT molecular complexity index is 1150. The molecule has 5 rings (SSSR count). The summed E-state index contributed by atoms with van der Waals surface area (Å²) in [6.07, 6.45) is 1.59. The molecule has 1 aromatic heterocycles. The second-order valence-corrected chi connectivity index (χ2v) is 7.79. The van der Waals surface area contributed by atoms with E-state index in [9.17, 15) is 9.90 Å². The fourth-order valence-electron chi connectivity index (χ4n) is 3.97. The molecular formula is C24H26N2O4. The molecule has 0 saturated heterocycles. The van der Waals surface area contributed by atoms with Gasteiger partial charge in [0.05, 0.1) is 12.0 Å². The van der Waals surface area contributed by atoms with Crippen molar-refractivity contribution in [2.45, 2.75) is 31.8 Å². The first-order chi connectivity index (χ1) is 14.6. The van der Waals surface area contributed by atoms with Crippen LogP contribution in [0, 0.1) is 6.92 Å². The average molecular weight is 406 g/mol. The van der Waals surface area contributed by atoms with E-state index >= 15 is 0 Å². The van der Waals surface area contributed by atoms with Crippen LogP contribution in [0.2, 0.25) is 0 Å². The normalized spacial score (nSPS) is 15.7. The number of aliphatic hydroxyl groups excluding tert-OH is 1. The molecule has 2 N–H and O–H groups in total. The molecule has 2 aromatic carbocycles. The Balaban J connectivity index is 0.00000144. The number of benzene rings is 2. The summed E-state index contributed by atoms with van der Waals surface area (Å²) in [6.45, 7) is 2.13. The Labute approximate surface area is 177 Å². The fourth-order valence-corrected chi connectivity index (χ4v) is 3.97. The Hall–Kier alpha value is -3.38. The molecule has 1 saturated carbocycles. The van der Waals surface area contributed by atoms with Gasteiger partial charge in [-0.2, -0.15) is 0 Å². The van der Waals surface area contributed by atoms with Gasteiger partial charge in [-0.15, -0.1) is 0 Å². The van der Waals surface area contributed by atoms with Gasteiger partial charge < -0.3 is 19.9 Å². The van der Waals surface area contributed by atoms with E-state index in [1.165, 1.54) is 0 Å². The molecule has 0 bridgehead atoms. The van der Waals surface area contributed by atoms with Gasteiger partial charge in [-0.05, 0) is 66.8 Å². The van der Waals surface area contributed by atoms with E-state index in [4.69, 9.17) is 9.47 Å². The van der Waals surface area contributed by atoms with Crippen LogP contribution in [0.25, 0.3) is 11.1 Å². The van der Waals surface area contributed by atoms with E-state index in [-0.39, 0.29) is 22.2 Å². The number of anilines is 1. The van der Waals surface area contributed by atoms with Gasteiger partial charge in [-0.25, -0.2) is 4.98 Å². The zero-order valence-electron chi connectivity index (χ0n) is 16.6. The molecule has 1 aliphatic heterocycles. The number of aryl methyl sites for hydroxylation is 1. The second kappa shape index (κ2) is 7.15. The zero-order valence-corrected chi connectivity index (χ0v) is 16.6. The van der Waals surface area contributed by atoms with Crippen LogP contribution >= 0.6 is 0 Å². The molecule has 6 nitrogen and oxygen atoms in total. The number of aliphatic hydroxyl groups is 1. The number of carbonyl (C=O) groups is 1. The maximum absolute atomic E-state index is 13.1. The number of hydrogen-bond donors (Lipinski definition) is 2. The average Bonchev–Trinajstić information content (AvgIpc) is 3.45. The molecular weight excluding hydrogens is 380 g/mol. The third kappa shape index (κ3) is 3.19. The van der Waals surface area contributed by atoms with E-state index in [2.05, 4.69) is 10.3 Å². The fraction of sp³-hybridized carbons (Fsp3) is 0.250. The van der Waals surface area contributed by atoms with Gasteiger partial charge in [0, 0.05) is 14.1 Å². The summed E-state index contributed by atoms with van der Waals surface area (Å²) in [7, 11) is 0. The number of hydrogen-bond acceptors (Lipinski definition) is 5. The van der Waals surface area contributed by atoms with Crippen LogP contribution in [-0.2, 0) is 16.8 Å². The number of aromatic nitrogens is 1. The van der Waals surface area contributed by atoms with E-state index in [1.54, 1.807) is 0 Å². The molecule has 0 unspecified atom stereocenters. The van der Waals surface area contributed by atoms with E-state index in [1.807, 2.05) is 61.5 Å². The van der Waals surface area contributed by atoms with Crippen LogP contribution in [0.4, 0.5) is 5.82 Å². The highest BCUT2D eigenvalue weighted by molar-refractivity contribution is 6.01. The number of fused-ring (bicyclic) bond motifs is 1. The maximum Gasteiger partial charge on any atom is 0.236 e. The minimum absolute atomic E-state index is 0. The molecule has 156 valence electrons. The molecule has 3 aromatic rings. The summed E-state index contributed by atoms with van der Waals surface area (Å²) >= 11 is 0. The van der Waals surface area contributed by atoms with Crippen molar-refractivity contribution >= 4 is 11.7 Å². The van der Waals surface area contributed by atoms with E-state index in [0.717, 1.165) is 40.8 Å². The van der Waals surface area contributed by atoms with Gasteiger partial charge in [0.15, 0.2) is 11.5 Å². The quantitative estimate of drug-likeness (QED) is 0.655. The lowest BCUT2D eigenvalue weighted by Crippen LogP contribution is -2.28. The first-order valence-electron chi connectivity index (χ1n) is 9.98. The number of amides is 1. The smallest absolute Gasteiger partial charge is 0.236 e. The third-order valence-electron chi connectivity index (χ3n) is 5.86. The van der Waals surface area contributed by atoms with Gasteiger partial charge in [0.1, 0.15) is 5.82 Å². The minimum atomic E-state index is -0.537. The van der Waals surface area contributed by atoms with Crippen LogP contribution in [0.1, 0.15) is 32.5 Å². The summed E-state index contributed by atoms with van der Waals surface area (Å²) < 4.78 is 10.8. The summed E-state index contributed by atoms with van der Waals surface area (Å²) in [5, 5.41) is 12.4. The lowest BCUT2D eigenvalue weighted by molar-refractivity contribution is -0.118. The lowest BCUT2D eigenvalue weighted by atomic mass is 9.94. The van der Waals surface area contributed by atoms with E-state index < -0.39 is 5.41 Å². The van der Waals surface area contributed by atoms with Crippen molar-refractivity contribution < 1.29 is 22.2 Å². The predicted octanol–water partition coefficient (Wildman–Crippen LogP) is 4.44. The van der Waals surface area contributed by atoms with Crippen LogP contribution in [0.3, 0.4) is 0 Å². The number of rotatable bonds is 5. The first kappa shape index (κ1) is 18.6. The Morgan fingerprint density at radius 1 is 1.13 bits per heavy atom. The predicted molar refractivity (Wildman–Crippen MR) is 117 cm³/mol. The highest BCUT2D eigenvalue weighted by Crippen LogP contribution is 2.51. The van der Waals surface area contributed by atoms with Gasteiger partial charge in [0.2, 0.25) is 12.7 Å². The first-order valence-corrected chi connectivity index (χ1v) is 9.98. The molecule has 0 spiro atoms. The highest BCUT2D eigenvalue weighted by atomic mass is 16.7. The van der Waals surface area contributed by atoms with Crippen LogP contribution in [0.5, 0.6) is 11.5 Å². The molecule has 0 radical (unpaired) electrons. The molecule has 1 amide bonds. The van der Waals surface area contributed by atoms with Crippen LogP contribution in [0.15, 0.2) is 54.6 Å². The van der Waals surface area contributed by atoms with Crippen LogP contribution < -0.4 is 14.8 Å². The highest BCUT2D eigenvalue weighted by Gasteiger charge is 2.51. The van der Waals surface area contributed by atoms with E-state index in [0.29, 0.717) is 17.3 Å². The lowest BCUT2D eigenvalue weighted by Gasteiger charge is -2.17. The summed E-state index contributed by atoms with van der Waals surface area (Å²) in [5.41, 5.74) is 4.03. The SMILES string of the molecule is Cc1nc(NC(=O)C2(c3ccc4c(c3)OCO4)CC2)ccc1-c1cccc(CO)c1.[HH].[HH]. The van der Waals surface area contributed by atoms with Crippen LogP contribution in [-0.4, -0.2) is 22.8 Å². The second-order valence-electron chi connectivity index (χ2n) is 7.79. The third-order valence-corrected chi connectivity index (χ3v) is 5.86. The van der Waals surface area contributed by atoms with Gasteiger partial charge in [-0.1, -0.05) is 24.3 Å². The molecule has 2 aliphatic rings. The number of nitrogens with zero attached hydrogens (tertiary/aromatic N) is 1. The minimum Gasteiger partial charge on any atom is -0.454 e. The summed E-state index contributed by atoms with van der Waals surface area (Å²) in [4.78, 5) is 17.7. The van der Waals surface area contributed by atoms with Crippen molar-refractivity contribution in [2.24, 2.45) is 0 Å².